The summed E-state index contributed by atoms with van der Waals surface area (Å²) in [5, 5.41) is 4.52. The summed E-state index contributed by atoms with van der Waals surface area (Å²) in [6.07, 6.45) is 1.53. The molecule has 1 heterocycles. The maximum absolute atomic E-state index is 12.8. The van der Waals surface area contributed by atoms with Crippen molar-refractivity contribution in [1.82, 2.24) is 4.90 Å². The van der Waals surface area contributed by atoms with Gasteiger partial charge in [-0.05, 0) is 34.0 Å². The number of fused-ring (bicyclic) bond motifs is 3. The zero-order valence-corrected chi connectivity index (χ0v) is 19.1. The first-order chi connectivity index (χ1) is 14.2. The van der Waals surface area contributed by atoms with Crippen molar-refractivity contribution in [3.63, 3.8) is 0 Å². The Morgan fingerprint density at radius 1 is 1.07 bits per heavy atom. The number of hydrogen-bond acceptors (Lipinski definition) is 3. The smallest absolute Gasteiger partial charge is 0.303 e. The Balaban J connectivity index is 1.89. The Labute approximate surface area is 178 Å². The van der Waals surface area contributed by atoms with Gasteiger partial charge in [0.2, 0.25) is 5.91 Å². The molecule has 3 aromatic rings. The highest BCUT2D eigenvalue weighted by atomic mass is 28.3. The molecule has 0 aliphatic carbocycles. The predicted octanol–water partition coefficient (Wildman–Crippen LogP) is 5.47. The molecule has 1 saturated heterocycles. The molecule has 0 radical (unpaired) electrons. The fourth-order valence-electron chi connectivity index (χ4n) is 4.63. The number of rotatable bonds is 5. The van der Waals surface area contributed by atoms with Crippen molar-refractivity contribution in [3.8, 4) is 0 Å². The SMILES string of the molecule is CC(=O)O[C@@H](c1cc2ccccc2c2ccccc12)[C@@H]1CCC(=O)N1C[Si](C)(C)C. The van der Waals surface area contributed by atoms with E-state index in [2.05, 4.69) is 50.0 Å². The average molecular weight is 420 g/mol. The molecule has 156 valence electrons. The second-order valence-corrected chi connectivity index (χ2v) is 14.9. The summed E-state index contributed by atoms with van der Waals surface area (Å²) in [6.45, 7) is 8.25. The van der Waals surface area contributed by atoms with E-state index in [0.717, 1.165) is 27.9 Å². The molecule has 0 N–H and O–H groups in total. The molecule has 0 spiro atoms. The fraction of sp³-hybridized carbons (Fsp3) is 0.360. The van der Waals surface area contributed by atoms with Gasteiger partial charge in [-0.3, -0.25) is 9.59 Å². The zero-order valence-electron chi connectivity index (χ0n) is 18.1. The molecule has 0 bridgehead atoms. The molecule has 0 saturated carbocycles. The number of benzene rings is 3. The van der Waals surface area contributed by atoms with Crippen molar-refractivity contribution in [2.45, 2.75) is 51.6 Å². The summed E-state index contributed by atoms with van der Waals surface area (Å²) in [6, 6.07) is 18.6. The van der Waals surface area contributed by atoms with E-state index < -0.39 is 14.2 Å². The first-order valence-electron chi connectivity index (χ1n) is 10.6. The molecule has 1 amide bonds. The normalized spacial score (nSPS) is 18.2. The molecule has 3 aromatic carbocycles. The first-order valence-corrected chi connectivity index (χ1v) is 14.3. The van der Waals surface area contributed by atoms with Crippen LogP contribution in [0.5, 0.6) is 0 Å². The Morgan fingerprint density at radius 3 is 2.37 bits per heavy atom. The quantitative estimate of drug-likeness (QED) is 0.313. The van der Waals surface area contributed by atoms with Crippen molar-refractivity contribution in [2.75, 3.05) is 6.17 Å². The van der Waals surface area contributed by atoms with Crippen LogP contribution in [0.1, 0.15) is 31.4 Å². The molecule has 30 heavy (non-hydrogen) atoms. The van der Waals surface area contributed by atoms with Crippen molar-refractivity contribution in [1.29, 1.82) is 0 Å². The van der Waals surface area contributed by atoms with Crippen LogP contribution in [0.15, 0.2) is 54.6 Å². The van der Waals surface area contributed by atoms with Crippen LogP contribution in [0, 0.1) is 0 Å². The van der Waals surface area contributed by atoms with Crippen LogP contribution in [0.2, 0.25) is 19.6 Å². The molecule has 0 aromatic heterocycles. The zero-order chi connectivity index (χ0) is 21.5. The molecule has 4 nitrogen and oxygen atoms in total. The number of carbonyl (C=O) groups is 2. The first kappa shape index (κ1) is 20.6. The molecule has 2 atom stereocenters. The summed E-state index contributed by atoms with van der Waals surface area (Å²) in [5.41, 5.74) is 0.986. The van der Waals surface area contributed by atoms with Gasteiger partial charge in [-0.2, -0.15) is 0 Å². The molecule has 1 fully saturated rings. The molecular weight excluding hydrogens is 390 g/mol. The summed E-state index contributed by atoms with van der Waals surface area (Å²) < 4.78 is 5.95. The van der Waals surface area contributed by atoms with Gasteiger partial charge in [0, 0.05) is 25.1 Å². The van der Waals surface area contributed by atoms with Gasteiger partial charge in [-0.15, -0.1) is 0 Å². The summed E-state index contributed by atoms with van der Waals surface area (Å²) >= 11 is 0. The van der Waals surface area contributed by atoms with E-state index in [1.54, 1.807) is 0 Å². The molecule has 1 aliphatic heterocycles. The van der Waals surface area contributed by atoms with Gasteiger partial charge in [0.05, 0.1) is 14.1 Å². The van der Waals surface area contributed by atoms with Crippen LogP contribution in [-0.2, 0) is 14.3 Å². The number of carbonyl (C=O) groups excluding carboxylic acids is 2. The average Bonchev–Trinajstić information content (AvgIpc) is 3.04. The van der Waals surface area contributed by atoms with E-state index in [1.807, 2.05) is 29.2 Å². The number of ether oxygens (including phenoxy) is 1. The van der Waals surface area contributed by atoms with Crippen LogP contribution in [0.3, 0.4) is 0 Å². The lowest BCUT2D eigenvalue weighted by Gasteiger charge is -2.35. The largest absolute Gasteiger partial charge is 0.455 e. The van der Waals surface area contributed by atoms with Crippen molar-refractivity contribution >= 4 is 41.5 Å². The number of likely N-dealkylation sites (tertiary alicyclic amines) is 1. The number of nitrogens with zero attached hydrogens (tertiary/aromatic N) is 1. The van der Waals surface area contributed by atoms with Gasteiger partial charge in [-0.1, -0.05) is 68.2 Å². The maximum atomic E-state index is 12.8. The van der Waals surface area contributed by atoms with E-state index in [1.165, 1.54) is 12.3 Å². The highest BCUT2D eigenvalue weighted by Crippen LogP contribution is 2.39. The summed E-state index contributed by atoms with van der Waals surface area (Å²) in [4.78, 5) is 26.9. The van der Waals surface area contributed by atoms with Crippen LogP contribution >= 0.6 is 0 Å². The molecule has 4 rings (SSSR count). The number of amides is 1. The third-order valence-electron chi connectivity index (χ3n) is 5.77. The summed E-state index contributed by atoms with van der Waals surface area (Å²) in [7, 11) is -1.53. The minimum absolute atomic E-state index is 0.127. The summed E-state index contributed by atoms with van der Waals surface area (Å²) in [5.74, 6) is -0.144. The number of esters is 1. The van der Waals surface area contributed by atoms with Gasteiger partial charge in [0.15, 0.2) is 0 Å². The van der Waals surface area contributed by atoms with E-state index in [4.69, 9.17) is 4.74 Å². The van der Waals surface area contributed by atoms with Gasteiger partial charge in [-0.25, -0.2) is 0 Å². The van der Waals surface area contributed by atoms with Crippen LogP contribution in [-0.4, -0.2) is 37.1 Å². The van der Waals surface area contributed by atoms with E-state index in [-0.39, 0.29) is 17.9 Å². The second-order valence-electron chi connectivity index (χ2n) is 9.45. The van der Waals surface area contributed by atoms with E-state index >= 15 is 0 Å². The van der Waals surface area contributed by atoms with E-state index in [0.29, 0.717) is 12.8 Å². The predicted molar refractivity (Wildman–Crippen MR) is 124 cm³/mol. The lowest BCUT2D eigenvalue weighted by Crippen LogP contribution is -2.47. The van der Waals surface area contributed by atoms with Gasteiger partial charge in [0.1, 0.15) is 6.10 Å². The third-order valence-corrected chi connectivity index (χ3v) is 7.06. The Hall–Kier alpha value is -2.66. The van der Waals surface area contributed by atoms with Crippen LogP contribution in [0.4, 0.5) is 0 Å². The molecule has 1 aliphatic rings. The van der Waals surface area contributed by atoms with Crippen LogP contribution < -0.4 is 0 Å². The van der Waals surface area contributed by atoms with Gasteiger partial charge in [0.25, 0.3) is 0 Å². The van der Waals surface area contributed by atoms with Crippen molar-refractivity contribution < 1.29 is 14.3 Å². The van der Waals surface area contributed by atoms with Gasteiger partial charge >= 0.3 is 5.97 Å². The third kappa shape index (κ3) is 3.99. The van der Waals surface area contributed by atoms with Crippen LogP contribution in [0.25, 0.3) is 21.5 Å². The standard InChI is InChI=1S/C25H29NO3Si/c1-17(27)29-25(23-13-14-24(28)26(23)16-30(2,3)4)22-15-18-9-5-6-10-19(18)20-11-7-8-12-21(20)22/h5-12,15,23,25H,13-14,16H2,1-4H3/t23-,25-/m0/s1. The van der Waals surface area contributed by atoms with E-state index in [9.17, 15) is 9.59 Å². The molecular formula is C25H29NO3Si. The van der Waals surface area contributed by atoms with Crippen molar-refractivity contribution in [3.05, 3.63) is 60.2 Å². The molecule has 5 heteroatoms. The molecule has 0 unspecified atom stereocenters. The Kier molecular flexibility index (Phi) is 5.41. The van der Waals surface area contributed by atoms with Crippen molar-refractivity contribution in [2.24, 2.45) is 0 Å². The minimum atomic E-state index is -1.53. The topological polar surface area (TPSA) is 46.6 Å². The highest BCUT2D eigenvalue weighted by molar-refractivity contribution is 6.76. The Bertz CT molecular complexity index is 1120. The Morgan fingerprint density at radius 2 is 1.70 bits per heavy atom. The lowest BCUT2D eigenvalue weighted by atomic mass is 9.91. The van der Waals surface area contributed by atoms with Gasteiger partial charge < -0.3 is 9.64 Å². The monoisotopic (exact) mass is 419 g/mol. The number of hydrogen-bond donors (Lipinski definition) is 0. The maximum Gasteiger partial charge on any atom is 0.303 e. The lowest BCUT2D eigenvalue weighted by molar-refractivity contribution is -0.151. The fourth-order valence-corrected chi connectivity index (χ4v) is 6.07. The minimum Gasteiger partial charge on any atom is -0.455 e. The second kappa shape index (κ2) is 7.87. The highest BCUT2D eigenvalue weighted by Gasteiger charge is 2.41.